The van der Waals surface area contributed by atoms with E-state index >= 15 is 0 Å². The molecule has 2 heterocycles. The van der Waals surface area contributed by atoms with E-state index < -0.39 is 0 Å². The second-order valence-corrected chi connectivity index (χ2v) is 12.2. The zero-order chi connectivity index (χ0) is 29.4. The summed E-state index contributed by atoms with van der Waals surface area (Å²) >= 11 is 0. The number of para-hydroxylation sites is 1. The number of benzene rings is 6. The Morgan fingerprint density at radius 1 is 0.568 bits per heavy atom. The summed E-state index contributed by atoms with van der Waals surface area (Å²) in [6, 6.07) is 49.5. The summed E-state index contributed by atoms with van der Waals surface area (Å²) in [5, 5.41) is 5.05. The fourth-order valence-corrected chi connectivity index (χ4v) is 7.46. The molecule has 0 fully saturated rings. The first kappa shape index (κ1) is 25.0. The first-order chi connectivity index (χ1) is 21.6. The highest BCUT2D eigenvalue weighted by Gasteiger charge is 2.39. The highest BCUT2D eigenvalue weighted by molar-refractivity contribution is 6.25. The third kappa shape index (κ3) is 3.44. The first-order valence-electron chi connectivity index (χ1n) is 15.2. The molecule has 0 spiro atoms. The molecule has 0 radical (unpaired) electrons. The molecular weight excluding hydrogens is 534 g/mol. The van der Waals surface area contributed by atoms with Crippen LogP contribution in [0, 0.1) is 0 Å². The van der Waals surface area contributed by atoms with Gasteiger partial charge < -0.3 is 0 Å². The molecule has 44 heavy (non-hydrogen) atoms. The number of hydrogen-bond donors (Lipinski definition) is 0. The van der Waals surface area contributed by atoms with Gasteiger partial charge in [-0.3, -0.25) is 4.57 Å². The average Bonchev–Trinajstić information content (AvgIpc) is 3.55. The molecule has 6 aromatic carbocycles. The van der Waals surface area contributed by atoms with Gasteiger partial charge in [0.1, 0.15) is 5.82 Å². The van der Waals surface area contributed by atoms with E-state index in [-0.39, 0.29) is 5.41 Å². The zero-order valence-corrected chi connectivity index (χ0v) is 24.6. The van der Waals surface area contributed by atoms with Gasteiger partial charge in [-0.2, -0.15) is 0 Å². The van der Waals surface area contributed by atoms with Gasteiger partial charge in [0.05, 0.1) is 16.7 Å². The van der Waals surface area contributed by atoms with Crippen molar-refractivity contribution >= 4 is 32.6 Å². The lowest BCUT2D eigenvalue weighted by atomic mass is 9.79. The molecule has 0 aliphatic heterocycles. The minimum absolute atomic E-state index is 0.167. The van der Waals surface area contributed by atoms with Gasteiger partial charge in [0.15, 0.2) is 5.82 Å². The van der Waals surface area contributed by atoms with Crippen LogP contribution in [0.4, 0.5) is 0 Å². The van der Waals surface area contributed by atoms with E-state index in [1.54, 1.807) is 0 Å². The van der Waals surface area contributed by atoms with E-state index in [9.17, 15) is 0 Å². The molecule has 1 aliphatic rings. The molecule has 9 rings (SSSR count). The average molecular weight is 564 g/mol. The van der Waals surface area contributed by atoms with E-state index in [4.69, 9.17) is 9.97 Å². The minimum Gasteiger partial charge on any atom is -0.293 e. The first-order valence-corrected chi connectivity index (χ1v) is 15.2. The second-order valence-electron chi connectivity index (χ2n) is 12.2. The summed E-state index contributed by atoms with van der Waals surface area (Å²) in [7, 11) is 0. The Morgan fingerprint density at radius 3 is 1.95 bits per heavy atom. The molecule has 0 saturated heterocycles. The normalized spacial score (nSPS) is 13.4. The van der Waals surface area contributed by atoms with Crippen LogP contribution in [-0.2, 0) is 5.41 Å². The van der Waals surface area contributed by atoms with Crippen LogP contribution >= 0.6 is 0 Å². The third-order valence-corrected chi connectivity index (χ3v) is 9.36. The molecule has 0 bridgehead atoms. The Balaban J connectivity index is 1.48. The van der Waals surface area contributed by atoms with Crippen LogP contribution < -0.4 is 0 Å². The number of rotatable bonds is 3. The van der Waals surface area contributed by atoms with Gasteiger partial charge in [-0.05, 0) is 33.7 Å². The lowest BCUT2D eigenvalue weighted by Crippen LogP contribution is -2.15. The highest BCUT2D eigenvalue weighted by Crippen LogP contribution is 2.56. The Hall–Kier alpha value is -5.54. The van der Waals surface area contributed by atoms with Gasteiger partial charge >= 0.3 is 0 Å². The quantitative estimate of drug-likeness (QED) is 0.214. The van der Waals surface area contributed by atoms with Gasteiger partial charge in [0, 0.05) is 38.8 Å². The fourth-order valence-electron chi connectivity index (χ4n) is 7.46. The van der Waals surface area contributed by atoms with Crippen LogP contribution in [0.2, 0.25) is 0 Å². The maximum absolute atomic E-state index is 5.30. The molecule has 208 valence electrons. The predicted molar refractivity (Wildman–Crippen MR) is 182 cm³/mol. The molecule has 3 nitrogen and oxygen atoms in total. The van der Waals surface area contributed by atoms with Gasteiger partial charge in [0.2, 0.25) is 0 Å². The summed E-state index contributed by atoms with van der Waals surface area (Å²) in [4.78, 5) is 10.4. The van der Waals surface area contributed by atoms with Crippen molar-refractivity contribution in [1.29, 1.82) is 0 Å². The monoisotopic (exact) mass is 563 g/mol. The van der Waals surface area contributed by atoms with Crippen molar-refractivity contribution < 1.29 is 0 Å². The van der Waals surface area contributed by atoms with E-state index in [0.29, 0.717) is 5.82 Å². The number of hydrogen-bond acceptors (Lipinski definition) is 2. The molecule has 0 N–H and O–H groups in total. The maximum atomic E-state index is 5.30. The van der Waals surface area contributed by atoms with Gasteiger partial charge in [-0.1, -0.05) is 141 Å². The highest BCUT2D eigenvalue weighted by atomic mass is 15.1. The molecule has 2 aromatic heterocycles. The Kier molecular flexibility index (Phi) is 5.24. The lowest BCUT2D eigenvalue weighted by Gasteiger charge is -2.23. The van der Waals surface area contributed by atoms with Crippen molar-refractivity contribution in [2.45, 2.75) is 19.3 Å². The van der Waals surface area contributed by atoms with Crippen LogP contribution in [0.3, 0.4) is 0 Å². The van der Waals surface area contributed by atoms with Gasteiger partial charge in [0.25, 0.3) is 0 Å². The Bertz CT molecular complexity index is 2340. The molecule has 0 saturated carbocycles. The number of nitrogens with zero attached hydrogens (tertiary/aromatic N) is 3. The van der Waals surface area contributed by atoms with E-state index in [2.05, 4.69) is 134 Å². The van der Waals surface area contributed by atoms with Crippen molar-refractivity contribution in [3.63, 3.8) is 0 Å². The zero-order valence-electron chi connectivity index (χ0n) is 24.6. The summed E-state index contributed by atoms with van der Waals surface area (Å²) in [5.41, 5.74) is 10.6. The standard InChI is InChI=1S/C41H29N3/c1-41(2)32-23-13-11-21-30(32)36-28-19-9-10-20-29(28)39-37(38(36)41)31-22-12-14-24-34(31)44(39)35-25-33(26-15-5-3-6-16-26)42-40(43-35)27-17-7-4-8-18-27/h3-25H,1-2H3. The van der Waals surface area contributed by atoms with Gasteiger partial charge in [-0.15, -0.1) is 0 Å². The lowest BCUT2D eigenvalue weighted by molar-refractivity contribution is 0.667. The number of aromatic nitrogens is 3. The molecule has 3 heteroatoms. The summed E-state index contributed by atoms with van der Waals surface area (Å²) < 4.78 is 2.38. The smallest absolute Gasteiger partial charge is 0.162 e. The molecule has 0 unspecified atom stereocenters. The molecule has 0 atom stereocenters. The van der Waals surface area contributed by atoms with Crippen molar-refractivity contribution in [2.75, 3.05) is 0 Å². The van der Waals surface area contributed by atoms with E-state index in [0.717, 1.165) is 28.2 Å². The minimum atomic E-state index is -0.167. The topological polar surface area (TPSA) is 30.7 Å². The van der Waals surface area contributed by atoms with E-state index in [1.165, 1.54) is 49.3 Å². The van der Waals surface area contributed by atoms with Crippen LogP contribution in [0.5, 0.6) is 0 Å². The van der Waals surface area contributed by atoms with E-state index in [1.807, 2.05) is 24.3 Å². The summed E-state index contributed by atoms with van der Waals surface area (Å²) in [6.07, 6.45) is 0. The molecular formula is C41H29N3. The van der Waals surface area contributed by atoms with Crippen LogP contribution in [-0.4, -0.2) is 14.5 Å². The summed E-state index contributed by atoms with van der Waals surface area (Å²) in [5.74, 6) is 1.58. The van der Waals surface area contributed by atoms with Gasteiger partial charge in [-0.25, -0.2) is 9.97 Å². The van der Waals surface area contributed by atoms with Crippen molar-refractivity contribution in [1.82, 2.24) is 14.5 Å². The predicted octanol–water partition coefficient (Wildman–Crippen LogP) is 10.4. The molecule has 8 aromatic rings. The number of fused-ring (bicyclic) bond motifs is 10. The van der Waals surface area contributed by atoms with Crippen LogP contribution in [0.25, 0.3) is 72.2 Å². The van der Waals surface area contributed by atoms with Crippen LogP contribution in [0.15, 0.2) is 140 Å². The molecule has 1 aliphatic carbocycles. The summed E-state index contributed by atoms with van der Waals surface area (Å²) in [6.45, 7) is 4.76. The Morgan fingerprint density at radius 2 is 1.18 bits per heavy atom. The maximum Gasteiger partial charge on any atom is 0.162 e. The van der Waals surface area contributed by atoms with Crippen molar-refractivity contribution in [2.24, 2.45) is 0 Å². The second kappa shape index (κ2) is 9.23. The molecule has 0 amide bonds. The fraction of sp³-hybridized carbons (Fsp3) is 0.0732. The SMILES string of the molecule is CC1(C)c2ccccc2-c2c1c1c3ccccc3n(-c3cc(-c4ccccc4)nc(-c4ccccc4)n3)c1c1ccccc21. The Labute approximate surface area is 256 Å². The van der Waals surface area contributed by atoms with Crippen molar-refractivity contribution in [3.8, 4) is 39.6 Å². The third-order valence-electron chi connectivity index (χ3n) is 9.36. The van der Waals surface area contributed by atoms with Crippen molar-refractivity contribution in [3.05, 3.63) is 151 Å². The van der Waals surface area contributed by atoms with Crippen LogP contribution in [0.1, 0.15) is 25.0 Å². The largest absolute Gasteiger partial charge is 0.293 e.